The van der Waals surface area contributed by atoms with Gasteiger partial charge in [0.2, 0.25) is 0 Å². The number of rotatable bonds is 5. The fourth-order valence-electron chi connectivity index (χ4n) is 1.30. The third-order valence-corrected chi connectivity index (χ3v) is 2.90. The van der Waals surface area contributed by atoms with Gasteiger partial charge in [-0.25, -0.2) is 0 Å². The lowest BCUT2D eigenvalue weighted by atomic mass is 10.2. The van der Waals surface area contributed by atoms with Gasteiger partial charge in [0, 0.05) is 14.1 Å². The molecule has 0 fully saturated rings. The summed E-state index contributed by atoms with van der Waals surface area (Å²) in [5, 5.41) is 3.45. The molecule has 0 aromatic heterocycles. The second kappa shape index (κ2) is 6.98. The molecule has 0 spiro atoms. The quantitative estimate of drug-likeness (QED) is 0.500. The van der Waals surface area contributed by atoms with Gasteiger partial charge in [0.15, 0.2) is 18.1 Å². The summed E-state index contributed by atoms with van der Waals surface area (Å²) in [7, 11) is 4.85. The first-order chi connectivity index (χ1) is 8.99. The number of ether oxygens (including phenoxy) is 2. The van der Waals surface area contributed by atoms with E-state index in [9.17, 15) is 4.79 Å². The van der Waals surface area contributed by atoms with Crippen molar-refractivity contribution < 1.29 is 14.3 Å². The highest BCUT2D eigenvalue weighted by Crippen LogP contribution is 2.36. The zero-order valence-electron chi connectivity index (χ0n) is 11.0. The molecule has 0 atom stereocenters. The molecule has 104 valence electrons. The number of amides is 1. The van der Waals surface area contributed by atoms with Gasteiger partial charge in [-0.15, -0.1) is 0 Å². The molecule has 1 amide bonds. The average Bonchev–Trinajstić information content (AvgIpc) is 2.36. The van der Waals surface area contributed by atoms with Crippen molar-refractivity contribution in [3.05, 3.63) is 22.2 Å². The molecular weight excluding hydrogens is 314 g/mol. The molecule has 0 unspecified atom stereocenters. The normalized spacial score (nSPS) is 10.5. The summed E-state index contributed by atoms with van der Waals surface area (Å²) >= 11 is 3.36. The minimum atomic E-state index is -0.137. The molecule has 0 aliphatic rings. The number of likely N-dealkylation sites (N-methyl/N-ethyl adjacent to an activating group) is 1. The van der Waals surface area contributed by atoms with Crippen molar-refractivity contribution in [3.63, 3.8) is 0 Å². The predicted molar refractivity (Wildman–Crippen MR) is 76.7 cm³/mol. The molecule has 1 aromatic carbocycles. The highest BCUT2D eigenvalue weighted by molar-refractivity contribution is 9.10. The van der Waals surface area contributed by atoms with E-state index in [1.807, 2.05) is 0 Å². The molecule has 0 heterocycles. The Hall–Kier alpha value is -1.76. The summed E-state index contributed by atoms with van der Waals surface area (Å²) in [6, 6.07) is 3.49. The minimum absolute atomic E-state index is 0.0632. The number of nitrogens with zero attached hydrogens (tertiary/aromatic N) is 2. The maximum atomic E-state index is 11.5. The standard InChI is InChI=1S/C12H16BrN3O3/c1-16(2)11(17)7-19-12-9(13)4-8(6-15-14)5-10(12)18-3/h4-6H,7,14H2,1-3H3/b15-6-. The van der Waals surface area contributed by atoms with Gasteiger partial charge in [-0.3, -0.25) is 4.79 Å². The van der Waals surface area contributed by atoms with Crippen LogP contribution in [0.2, 0.25) is 0 Å². The fourth-order valence-corrected chi connectivity index (χ4v) is 1.88. The number of hydrazone groups is 1. The van der Waals surface area contributed by atoms with Crippen LogP contribution in [-0.4, -0.2) is 44.8 Å². The predicted octanol–water partition coefficient (Wildman–Crippen LogP) is 1.22. The summed E-state index contributed by atoms with van der Waals surface area (Å²) in [6.07, 6.45) is 1.49. The first-order valence-corrected chi connectivity index (χ1v) is 6.22. The van der Waals surface area contributed by atoms with Crippen LogP contribution in [0, 0.1) is 0 Å². The number of benzene rings is 1. The topological polar surface area (TPSA) is 77.1 Å². The molecule has 0 aliphatic heterocycles. The van der Waals surface area contributed by atoms with Crippen LogP contribution in [0.25, 0.3) is 0 Å². The van der Waals surface area contributed by atoms with Gasteiger partial charge in [-0.2, -0.15) is 5.10 Å². The first kappa shape index (κ1) is 15.3. The van der Waals surface area contributed by atoms with Crippen LogP contribution in [0.15, 0.2) is 21.7 Å². The molecule has 0 saturated carbocycles. The third kappa shape index (κ3) is 4.13. The lowest BCUT2D eigenvalue weighted by Gasteiger charge is -2.15. The van der Waals surface area contributed by atoms with Gasteiger partial charge >= 0.3 is 0 Å². The number of methoxy groups -OCH3 is 1. The summed E-state index contributed by atoms with van der Waals surface area (Å²) < 4.78 is 11.4. The number of hydrogen-bond acceptors (Lipinski definition) is 5. The van der Waals surface area contributed by atoms with Crippen molar-refractivity contribution in [2.75, 3.05) is 27.8 Å². The fraction of sp³-hybridized carbons (Fsp3) is 0.333. The van der Waals surface area contributed by atoms with E-state index in [-0.39, 0.29) is 12.5 Å². The molecule has 0 saturated heterocycles. The number of hydrogen-bond donors (Lipinski definition) is 1. The largest absolute Gasteiger partial charge is 0.493 e. The minimum Gasteiger partial charge on any atom is -0.493 e. The van der Waals surface area contributed by atoms with E-state index in [1.165, 1.54) is 18.2 Å². The van der Waals surface area contributed by atoms with Crippen LogP contribution in [-0.2, 0) is 4.79 Å². The van der Waals surface area contributed by atoms with Gasteiger partial charge in [0.1, 0.15) is 0 Å². The van der Waals surface area contributed by atoms with E-state index in [0.717, 1.165) is 5.56 Å². The summed E-state index contributed by atoms with van der Waals surface area (Å²) in [5.41, 5.74) is 0.762. The molecular formula is C12H16BrN3O3. The summed E-state index contributed by atoms with van der Waals surface area (Å²) in [4.78, 5) is 13.0. The zero-order chi connectivity index (χ0) is 14.4. The molecule has 1 rings (SSSR count). The van der Waals surface area contributed by atoms with Crippen LogP contribution in [0.1, 0.15) is 5.56 Å². The third-order valence-electron chi connectivity index (χ3n) is 2.31. The molecule has 19 heavy (non-hydrogen) atoms. The molecule has 0 radical (unpaired) electrons. The van der Waals surface area contributed by atoms with Crippen LogP contribution >= 0.6 is 15.9 Å². The van der Waals surface area contributed by atoms with E-state index in [1.54, 1.807) is 26.2 Å². The molecule has 0 bridgehead atoms. The Kier molecular flexibility index (Phi) is 5.62. The van der Waals surface area contributed by atoms with E-state index in [0.29, 0.717) is 16.0 Å². The molecule has 6 nitrogen and oxygen atoms in total. The second-order valence-electron chi connectivity index (χ2n) is 3.89. The monoisotopic (exact) mass is 329 g/mol. The Morgan fingerprint density at radius 2 is 2.21 bits per heavy atom. The van der Waals surface area contributed by atoms with Gasteiger partial charge in [-0.1, -0.05) is 0 Å². The van der Waals surface area contributed by atoms with Gasteiger partial charge in [0.05, 0.1) is 17.8 Å². The summed E-state index contributed by atoms with van der Waals surface area (Å²) in [6.45, 7) is -0.0632. The number of halogens is 1. The van der Waals surface area contributed by atoms with Gasteiger partial charge in [-0.05, 0) is 33.6 Å². The van der Waals surface area contributed by atoms with Gasteiger partial charge < -0.3 is 20.2 Å². The van der Waals surface area contributed by atoms with E-state index in [4.69, 9.17) is 15.3 Å². The molecule has 1 aromatic rings. The van der Waals surface area contributed by atoms with E-state index in [2.05, 4.69) is 21.0 Å². The number of carbonyl (C=O) groups excluding carboxylic acids is 1. The Bertz CT molecular complexity index is 489. The maximum Gasteiger partial charge on any atom is 0.259 e. The van der Waals surface area contributed by atoms with Crippen molar-refractivity contribution in [3.8, 4) is 11.5 Å². The Morgan fingerprint density at radius 1 is 1.53 bits per heavy atom. The van der Waals surface area contributed by atoms with Crippen molar-refractivity contribution in [1.82, 2.24) is 4.90 Å². The first-order valence-electron chi connectivity index (χ1n) is 5.43. The highest BCUT2D eigenvalue weighted by atomic mass is 79.9. The van der Waals surface area contributed by atoms with Crippen molar-refractivity contribution in [2.45, 2.75) is 0 Å². The maximum absolute atomic E-state index is 11.5. The average molecular weight is 330 g/mol. The SMILES string of the molecule is COc1cc(/C=N\N)cc(Br)c1OCC(=O)N(C)C. The van der Waals surface area contributed by atoms with E-state index < -0.39 is 0 Å². The molecule has 7 heteroatoms. The number of nitrogens with two attached hydrogens (primary N) is 1. The molecule has 0 aliphatic carbocycles. The van der Waals surface area contributed by atoms with Gasteiger partial charge in [0.25, 0.3) is 5.91 Å². The highest BCUT2D eigenvalue weighted by Gasteiger charge is 2.13. The second-order valence-corrected chi connectivity index (χ2v) is 4.74. The van der Waals surface area contributed by atoms with Crippen molar-refractivity contribution >= 4 is 28.1 Å². The lowest BCUT2D eigenvalue weighted by molar-refractivity contribution is -0.130. The van der Waals surface area contributed by atoms with Crippen molar-refractivity contribution in [2.24, 2.45) is 10.9 Å². The Labute approximate surface area is 120 Å². The Morgan fingerprint density at radius 3 is 2.74 bits per heavy atom. The number of carbonyl (C=O) groups is 1. The lowest BCUT2D eigenvalue weighted by Crippen LogP contribution is -2.27. The molecule has 2 N–H and O–H groups in total. The van der Waals surface area contributed by atoms with Crippen LogP contribution in [0.3, 0.4) is 0 Å². The van der Waals surface area contributed by atoms with Crippen LogP contribution in [0.5, 0.6) is 11.5 Å². The van der Waals surface area contributed by atoms with E-state index >= 15 is 0 Å². The Balaban J connectivity index is 2.97. The van der Waals surface area contributed by atoms with Crippen LogP contribution < -0.4 is 15.3 Å². The smallest absolute Gasteiger partial charge is 0.259 e. The summed E-state index contributed by atoms with van der Waals surface area (Å²) in [5.74, 6) is 5.93. The zero-order valence-corrected chi connectivity index (χ0v) is 12.6. The van der Waals surface area contributed by atoms with Crippen molar-refractivity contribution in [1.29, 1.82) is 0 Å². The van der Waals surface area contributed by atoms with Crippen LogP contribution in [0.4, 0.5) is 0 Å².